The standard InChI is InChI=1S/C22H28O5/c1-4-6-8-10-15-25-20-19-17(24-3)13-12-14-18(19)27-22(23)21(20)26-16-11-9-7-5-2/h6-9,12-14H,4-5,10-11,15-16H2,1-3H3. The smallest absolute Gasteiger partial charge is 0.383 e. The molecule has 0 saturated heterocycles. The molecule has 2 aromatic rings. The van der Waals surface area contributed by atoms with Gasteiger partial charge in [-0.15, -0.1) is 0 Å². The number of fused-ring (bicyclic) bond motifs is 1. The average Bonchev–Trinajstić information content (AvgIpc) is 2.68. The summed E-state index contributed by atoms with van der Waals surface area (Å²) in [7, 11) is 1.57. The van der Waals surface area contributed by atoms with Gasteiger partial charge in [0.05, 0.1) is 20.3 Å². The van der Waals surface area contributed by atoms with Crippen molar-refractivity contribution in [3.8, 4) is 17.2 Å². The molecule has 2 rings (SSSR count). The van der Waals surface area contributed by atoms with Gasteiger partial charge in [0.2, 0.25) is 5.75 Å². The third-order valence-corrected chi connectivity index (χ3v) is 3.90. The minimum Gasteiger partial charge on any atom is -0.496 e. The van der Waals surface area contributed by atoms with Gasteiger partial charge in [0.25, 0.3) is 0 Å². The Balaban J connectivity index is 2.37. The molecule has 0 amide bonds. The van der Waals surface area contributed by atoms with Gasteiger partial charge in [-0.05, 0) is 37.8 Å². The fourth-order valence-corrected chi connectivity index (χ4v) is 2.63. The number of benzene rings is 1. The molecule has 1 aromatic heterocycles. The Bertz CT molecular complexity index is 832. The van der Waals surface area contributed by atoms with Gasteiger partial charge in [-0.1, -0.05) is 44.2 Å². The Morgan fingerprint density at radius 2 is 1.56 bits per heavy atom. The molecule has 0 aliphatic heterocycles. The monoisotopic (exact) mass is 372 g/mol. The molecule has 146 valence electrons. The van der Waals surface area contributed by atoms with E-state index in [1.54, 1.807) is 25.3 Å². The van der Waals surface area contributed by atoms with Crippen molar-refractivity contribution < 1.29 is 18.6 Å². The Kier molecular flexibility index (Phi) is 8.49. The van der Waals surface area contributed by atoms with E-state index in [-0.39, 0.29) is 5.75 Å². The van der Waals surface area contributed by atoms with E-state index in [1.807, 2.05) is 6.08 Å². The van der Waals surface area contributed by atoms with Crippen LogP contribution < -0.4 is 19.8 Å². The van der Waals surface area contributed by atoms with Crippen molar-refractivity contribution >= 4 is 11.0 Å². The highest BCUT2D eigenvalue weighted by atomic mass is 16.5. The quantitative estimate of drug-likeness (QED) is 0.305. The zero-order chi connectivity index (χ0) is 19.5. The summed E-state index contributed by atoms with van der Waals surface area (Å²) >= 11 is 0. The van der Waals surface area contributed by atoms with Gasteiger partial charge in [0.1, 0.15) is 16.7 Å². The van der Waals surface area contributed by atoms with Crippen molar-refractivity contribution in [2.45, 2.75) is 39.5 Å². The molecule has 0 unspecified atom stereocenters. The normalized spacial score (nSPS) is 11.5. The van der Waals surface area contributed by atoms with Gasteiger partial charge in [-0.2, -0.15) is 0 Å². The Hall–Kier alpha value is -2.69. The maximum Gasteiger partial charge on any atom is 0.383 e. The highest BCUT2D eigenvalue weighted by Crippen LogP contribution is 2.38. The molecule has 0 aliphatic carbocycles. The van der Waals surface area contributed by atoms with Crippen LogP contribution in [0.4, 0.5) is 0 Å². The van der Waals surface area contributed by atoms with Gasteiger partial charge in [-0.3, -0.25) is 0 Å². The summed E-state index contributed by atoms with van der Waals surface area (Å²) in [5, 5.41) is 0.609. The number of methoxy groups -OCH3 is 1. The zero-order valence-corrected chi connectivity index (χ0v) is 16.3. The third-order valence-electron chi connectivity index (χ3n) is 3.90. The van der Waals surface area contributed by atoms with Gasteiger partial charge in [-0.25, -0.2) is 4.79 Å². The molecule has 0 fully saturated rings. The summed E-state index contributed by atoms with van der Waals surface area (Å²) in [5.74, 6) is 1.05. The lowest BCUT2D eigenvalue weighted by Crippen LogP contribution is -2.11. The summed E-state index contributed by atoms with van der Waals surface area (Å²) in [6, 6.07) is 5.30. The predicted octanol–water partition coefficient (Wildman–Crippen LogP) is 5.27. The molecule has 1 aromatic carbocycles. The van der Waals surface area contributed by atoms with Crippen LogP contribution in [0, 0.1) is 0 Å². The van der Waals surface area contributed by atoms with Crippen molar-refractivity contribution in [1.29, 1.82) is 0 Å². The van der Waals surface area contributed by atoms with E-state index in [2.05, 4.69) is 32.1 Å². The molecule has 0 bridgehead atoms. The second kappa shape index (κ2) is 11.1. The molecular weight excluding hydrogens is 344 g/mol. The van der Waals surface area contributed by atoms with Crippen LogP contribution >= 0.6 is 0 Å². The average molecular weight is 372 g/mol. The number of rotatable bonds is 11. The molecule has 1 heterocycles. The van der Waals surface area contributed by atoms with E-state index in [9.17, 15) is 4.79 Å². The van der Waals surface area contributed by atoms with Crippen LogP contribution in [-0.4, -0.2) is 20.3 Å². The Morgan fingerprint density at radius 1 is 0.926 bits per heavy atom. The second-order valence-electron chi connectivity index (χ2n) is 5.91. The highest BCUT2D eigenvalue weighted by Gasteiger charge is 2.20. The van der Waals surface area contributed by atoms with Crippen molar-refractivity contribution in [2.24, 2.45) is 0 Å². The van der Waals surface area contributed by atoms with Crippen LogP contribution in [0.25, 0.3) is 11.0 Å². The van der Waals surface area contributed by atoms with Crippen molar-refractivity contribution in [3.05, 3.63) is 52.9 Å². The lowest BCUT2D eigenvalue weighted by molar-refractivity contribution is 0.264. The summed E-state index contributed by atoms with van der Waals surface area (Å²) in [4.78, 5) is 12.5. The fourth-order valence-electron chi connectivity index (χ4n) is 2.63. The van der Waals surface area contributed by atoms with Gasteiger partial charge < -0.3 is 18.6 Å². The molecule has 0 atom stereocenters. The molecular formula is C22H28O5. The molecule has 0 spiro atoms. The topological polar surface area (TPSA) is 57.9 Å². The maximum absolute atomic E-state index is 12.5. The lowest BCUT2D eigenvalue weighted by atomic mass is 10.2. The van der Waals surface area contributed by atoms with Gasteiger partial charge in [0, 0.05) is 0 Å². The molecule has 27 heavy (non-hydrogen) atoms. The van der Waals surface area contributed by atoms with Crippen LogP contribution in [0.2, 0.25) is 0 Å². The molecule has 0 N–H and O–H groups in total. The second-order valence-corrected chi connectivity index (χ2v) is 5.91. The first-order valence-corrected chi connectivity index (χ1v) is 9.42. The lowest BCUT2D eigenvalue weighted by Gasteiger charge is -2.15. The van der Waals surface area contributed by atoms with E-state index in [0.717, 1.165) is 19.3 Å². The first-order valence-electron chi connectivity index (χ1n) is 9.42. The summed E-state index contributed by atoms with van der Waals surface area (Å²) in [5.41, 5.74) is -0.133. The van der Waals surface area contributed by atoms with Gasteiger partial charge >= 0.3 is 5.63 Å². The molecule has 0 radical (unpaired) electrons. The van der Waals surface area contributed by atoms with E-state index >= 15 is 0 Å². The first kappa shape index (κ1) is 20.6. The highest BCUT2D eigenvalue weighted by molar-refractivity contribution is 5.91. The largest absolute Gasteiger partial charge is 0.496 e. The number of hydrogen-bond acceptors (Lipinski definition) is 5. The number of ether oxygens (including phenoxy) is 3. The molecule has 0 aliphatic rings. The van der Waals surface area contributed by atoms with Crippen LogP contribution in [0.3, 0.4) is 0 Å². The van der Waals surface area contributed by atoms with Crippen LogP contribution in [-0.2, 0) is 0 Å². The SMILES string of the molecule is CCC=CCCOc1c(OCCC=CCC)c2c(OC)cccc2oc1=O. The zero-order valence-electron chi connectivity index (χ0n) is 16.3. The van der Waals surface area contributed by atoms with E-state index in [1.165, 1.54) is 0 Å². The Morgan fingerprint density at radius 3 is 2.15 bits per heavy atom. The molecule has 5 heteroatoms. The third kappa shape index (κ3) is 5.64. The van der Waals surface area contributed by atoms with Gasteiger partial charge in [0.15, 0.2) is 5.75 Å². The Labute approximate surface area is 160 Å². The first-order chi connectivity index (χ1) is 13.2. The van der Waals surface area contributed by atoms with Crippen molar-refractivity contribution in [1.82, 2.24) is 0 Å². The maximum atomic E-state index is 12.5. The predicted molar refractivity (Wildman–Crippen MR) is 108 cm³/mol. The minimum atomic E-state index is -0.547. The van der Waals surface area contributed by atoms with E-state index in [4.69, 9.17) is 18.6 Å². The number of allylic oxidation sites excluding steroid dienone is 2. The molecule has 5 nitrogen and oxygen atoms in total. The fraction of sp³-hybridized carbons (Fsp3) is 0.409. The van der Waals surface area contributed by atoms with Crippen LogP contribution in [0.15, 0.2) is 51.7 Å². The van der Waals surface area contributed by atoms with Crippen molar-refractivity contribution in [2.75, 3.05) is 20.3 Å². The van der Waals surface area contributed by atoms with Crippen LogP contribution in [0.1, 0.15) is 39.5 Å². The van der Waals surface area contributed by atoms with E-state index in [0.29, 0.717) is 42.1 Å². The summed E-state index contributed by atoms with van der Waals surface area (Å²) in [6.45, 7) is 4.95. The van der Waals surface area contributed by atoms with Crippen LogP contribution in [0.5, 0.6) is 17.2 Å². The summed E-state index contributed by atoms with van der Waals surface area (Å²) < 4.78 is 22.6. The van der Waals surface area contributed by atoms with Crippen molar-refractivity contribution in [3.63, 3.8) is 0 Å². The minimum absolute atomic E-state index is 0.0939. The summed E-state index contributed by atoms with van der Waals surface area (Å²) in [6.07, 6.45) is 11.6. The molecule has 0 saturated carbocycles. The number of hydrogen-bond donors (Lipinski definition) is 0. The van der Waals surface area contributed by atoms with E-state index < -0.39 is 5.63 Å².